The Hall–Kier alpha value is -1.22. The number of hydrogen-bond acceptors (Lipinski definition) is 2. The lowest BCUT2D eigenvalue weighted by molar-refractivity contribution is 0.157. The zero-order valence-electron chi connectivity index (χ0n) is 9.79. The predicted octanol–water partition coefficient (Wildman–Crippen LogP) is 3.49. The summed E-state index contributed by atoms with van der Waals surface area (Å²) >= 11 is 5.97. The van der Waals surface area contributed by atoms with E-state index in [-0.39, 0.29) is 6.09 Å². The van der Waals surface area contributed by atoms with Gasteiger partial charge in [-0.1, -0.05) is 17.7 Å². The van der Waals surface area contributed by atoms with Crippen LogP contribution in [0.2, 0.25) is 5.02 Å². The molecule has 0 unspecified atom stereocenters. The number of carbonyl (C=O) groups excluding carboxylic acids is 1. The van der Waals surface area contributed by atoms with E-state index in [2.05, 4.69) is 0 Å². The van der Waals surface area contributed by atoms with Crippen LogP contribution in [0.5, 0.6) is 5.75 Å². The molecular weight excluding hydrogens is 226 g/mol. The Kier molecular flexibility index (Phi) is 4.62. The molecule has 0 atom stereocenters. The summed E-state index contributed by atoms with van der Waals surface area (Å²) in [4.78, 5) is 13.3. The molecule has 0 aromatic heterocycles. The van der Waals surface area contributed by atoms with Crippen molar-refractivity contribution in [1.82, 2.24) is 4.90 Å². The van der Waals surface area contributed by atoms with E-state index in [9.17, 15) is 4.79 Å². The first kappa shape index (κ1) is 12.8. The Labute approximate surface area is 101 Å². The van der Waals surface area contributed by atoms with E-state index in [1.165, 1.54) is 0 Å². The van der Waals surface area contributed by atoms with Crippen LogP contribution in [0.3, 0.4) is 0 Å². The van der Waals surface area contributed by atoms with Gasteiger partial charge in [-0.3, -0.25) is 0 Å². The quantitative estimate of drug-likeness (QED) is 0.811. The van der Waals surface area contributed by atoms with Crippen molar-refractivity contribution in [3.63, 3.8) is 0 Å². The lowest BCUT2D eigenvalue weighted by Crippen LogP contribution is -2.33. The van der Waals surface area contributed by atoms with Gasteiger partial charge in [0, 0.05) is 13.1 Å². The third kappa shape index (κ3) is 3.14. The van der Waals surface area contributed by atoms with Gasteiger partial charge in [-0.15, -0.1) is 0 Å². The van der Waals surface area contributed by atoms with Crippen LogP contribution in [0.1, 0.15) is 19.4 Å². The van der Waals surface area contributed by atoms with Crippen molar-refractivity contribution < 1.29 is 9.53 Å². The number of benzene rings is 1. The highest BCUT2D eigenvalue weighted by Gasteiger charge is 2.13. The van der Waals surface area contributed by atoms with Crippen molar-refractivity contribution in [2.24, 2.45) is 0 Å². The number of halogens is 1. The fourth-order valence-electron chi connectivity index (χ4n) is 1.33. The van der Waals surface area contributed by atoms with Crippen molar-refractivity contribution in [2.45, 2.75) is 20.8 Å². The highest BCUT2D eigenvalue weighted by atomic mass is 35.5. The molecule has 0 fully saturated rings. The minimum Gasteiger partial charge on any atom is -0.409 e. The molecule has 0 spiro atoms. The van der Waals surface area contributed by atoms with Gasteiger partial charge in [-0.05, 0) is 38.5 Å². The van der Waals surface area contributed by atoms with Crippen molar-refractivity contribution >= 4 is 17.7 Å². The summed E-state index contributed by atoms with van der Waals surface area (Å²) in [5.41, 5.74) is 1.03. The highest BCUT2D eigenvalue weighted by Crippen LogP contribution is 2.25. The summed E-state index contributed by atoms with van der Waals surface area (Å²) in [6.45, 7) is 6.99. The largest absolute Gasteiger partial charge is 0.415 e. The van der Waals surface area contributed by atoms with E-state index in [1.807, 2.05) is 26.8 Å². The first-order chi connectivity index (χ1) is 7.58. The van der Waals surface area contributed by atoms with Crippen molar-refractivity contribution in [1.29, 1.82) is 0 Å². The normalized spacial score (nSPS) is 10.0. The van der Waals surface area contributed by atoms with E-state index in [0.717, 1.165) is 5.56 Å². The van der Waals surface area contributed by atoms with Gasteiger partial charge in [-0.2, -0.15) is 0 Å². The summed E-state index contributed by atoms with van der Waals surface area (Å²) in [7, 11) is 0. The zero-order chi connectivity index (χ0) is 12.1. The Morgan fingerprint density at radius 1 is 1.38 bits per heavy atom. The van der Waals surface area contributed by atoms with E-state index in [1.54, 1.807) is 17.0 Å². The number of aryl methyl sites for hydroxylation is 1. The van der Waals surface area contributed by atoms with Gasteiger partial charge >= 0.3 is 6.09 Å². The third-order valence-electron chi connectivity index (χ3n) is 2.31. The standard InChI is InChI=1S/C12H16ClNO2/c1-4-14(5-2)12(15)16-11-7-6-9(3)8-10(11)13/h6-8H,4-5H2,1-3H3. The number of ether oxygens (including phenoxy) is 1. The predicted molar refractivity (Wildman–Crippen MR) is 65.1 cm³/mol. The molecule has 16 heavy (non-hydrogen) atoms. The molecule has 0 bridgehead atoms. The fourth-order valence-corrected chi connectivity index (χ4v) is 1.60. The molecule has 1 aromatic carbocycles. The fraction of sp³-hybridized carbons (Fsp3) is 0.417. The van der Waals surface area contributed by atoms with Gasteiger partial charge in [-0.25, -0.2) is 4.79 Å². The van der Waals surface area contributed by atoms with E-state index >= 15 is 0 Å². The molecule has 88 valence electrons. The van der Waals surface area contributed by atoms with Gasteiger partial charge in [0.2, 0.25) is 0 Å². The molecule has 1 aromatic rings. The molecule has 0 aliphatic rings. The second kappa shape index (κ2) is 5.75. The molecule has 0 saturated heterocycles. The molecule has 4 heteroatoms. The number of rotatable bonds is 3. The van der Waals surface area contributed by atoms with Crippen LogP contribution in [0.4, 0.5) is 4.79 Å². The Morgan fingerprint density at radius 2 is 2.00 bits per heavy atom. The molecule has 3 nitrogen and oxygen atoms in total. The van der Waals surface area contributed by atoms with Crippen LogP contribution in [-0.4, -0.2) is 24.1 Å². The van der Waals surface area contributed by atoms with Crippen LogP contribution in [0, 0.1) is 6.92 Å². The molecule has 0 aliphatic carbocycles. The average Bonchev–Trinajstić information content (AvgIpc) is 2.24. The van der Waals surface area contributed by atoms with E-state index < -0.39 is 0 Å². The van der Waals surface area contributed by atoms with Gasteiger partial charge in [0.1, 0.15) is 0 Å². The first-order valence-electron chi connectivity index (χ1n) is 5.31. The van der Waals surface area contributed by atoms with E-state index in [0.29, 0.717) is 23.9 Å². The minimum atomic E-state index is -0.365. The monoisotopic (exact) mass is 241 g/mol. The number of amides is 1. The molecule has 0 saturated carbocycles. The summed E-state index contributed by atoms with van der Waals surface area (Å²) in [6.07, 6.45) is -0.365. The molecule has 0 aliphatic heterocycles. The third-order valence-corrected chi connectivity index (χ3v) is 2.60. The molecule has 1 amide bonds. The van der Waals surface area contributed by atoms with Crippen LogP contribution in [0.25, 0.3) is 0 Å². The molecular formula is C12H16ClNO2. The second-order valence-electron chi connectivity index (χ2n) is 3.47. The number of hydrogen-bond donors (Lipinski definition) is 0. The Bertz CT molecular complexity index is 375. The summed E-state index contributed by atoms with van der Waals surface area (Å²) in [5, 5.41) is 0.459. The van der Waals surface area contributed by atoms with Crippen molar-refractivity contribution in [3.05, 3.63) is 28.8 Å². The van der Waals surface area contributed by atoms with Gasteiger partial charge in [0.25, 0.3) is 0 Å². The highest BCUT2D eigenvalue weighted by molar-refractivity contribution is 6.32. The molecule has 1 rings (SSSR count). The van der Waals surface area contributed by atoms with Gasteiger partial charge < -0.3 is 9.64 Å². The maximum Gasteiger partial charge on any atom is 0.415 e. The van der Waals surface area contributed by atoms with E-state index in [4.69, 9.17) is 16.3 Å². The maximum absolute atomic E-state index is 11.7. The second-order valence-corrected chi connectivity index (χ2v) is 3.88. The first-order valence-corrected chi connectivity index (χ1v) is 5.69. The van der Waals surface area contributed by atoms with Gasteiger partial charge in [0.15, 0.2) is 5.75 Å². The lowest BCUT2D eigenvalue weighted by atomic mass is 10.2. The number of nitrogens with zero attached hydrogens (tertiary/aromatic N) is 1. The summed E-state index contributed by atoms with van der Waals surface area (Å²) in [6, 6.07) is 5.34. The topological polar surface area (TPSA) is 29.5 Å². The maximum atomic E-state index is 11.7. The molecule has 0 radical (unpaired) electrons. The van der Waals surface area contributed by atoms with Crippen molar-refractivity contribution in [2.75, 3.05) is 13.1 Å². The Balaban J connectivity index is 2.76. The Morgan fingerprint density at radius 3 is 2.50 bits per heavy atom. The smallest absolute Gasteiger partial charge is 0.409 e. The number of carbonyl (C=O) groups is 1. The zero-order valence-corrected chi connectivity index (χ0v) is 10.5. The lowest BCUT2D eigenvalue weighted by Gasteiger charge is -2.18. The average molecular weight is 242 g/mol. The van der Waals surface area contributed by atoms with Crippen LogP contribution in [0.15, 0.2) is 18.2 Å². The van der Waals surface area contributed by atoms with Crippen LogP contribution >= 0.6 is 11.6 Å². The minimum absolute atomic E-state index is 0.365. The summed E-state index contributed by atoms with van der Waals surface area (Å²) < 4.78 is 5.20. The molecule has 0 heterocycles. The summed E-state index contributed by atoms with van der Waals surface area (Å²) in [5.74, 6) is 0.407. The molecule has 0 N–H and O–H groups in total. The SMILES string of the molecule is CCN(CC)C(=O)Oc1ccc(C)cc1Cl. The van der Waals surface area contributed by atoms with Gasteiger partial charge in [0.05, 0.1) is 5.02 Å². The van der Waals surface area contributed by atoms with Crippen molar-refractivity contribution in [3.8, 4) is 5.75 Å². The van der Waals surface area contributed by atoms with Crippen LogP contribution < -0.4 is 4.74 Å². The van der Waals surface area contributed by atoms with Crippen LogP contribution in [-0.2, 0) is 0 Å².